The van der Waals surface area contributed by atoms with E-state index < -0.39 is 0 Å². The topological polar surface area (TPSA) is 26.3 Å². The lowest BCUT2D eigenvalue weighted by Crippen LogP contribution is -1.99. The summed E-state index contributed by atoms with van der Waals surface area (Å²) in [5.41, 5.74) is 1.68. The number of hydrogen-bond acceptors (Lipinski definition) is 2. The van der Waals surface area contributed by atoms with Crippen LogP contribution in [0.25, 0.3) is 0 Å². The first-order valence-electron chi connectivity index (χ1n) is 6.66. The van der Waals surface area contributed by atoms with Gasteiger partial charge in [0.15, 0.2) is 5.78 Å². The Labute approximate surface area is 141 Å². The van der Waals surface area contributed by atoms with Crippen molar-refractivity contribution in [2.24, 2.45) is 0 Å². The second-order valence-corrected chi connectivity index (χ2v) is 6.97. The first-order valence-corrected chi connectivity index (χ1v) is 8.25. The molecule has 0 saturated carbocycles. The van der Waals surface area contributed by atoms with Crippen LogP contribution in [-0.4, -0.2) is 5.78 Å². The van der Waals surface area contributed by atoms with Crippen LogP contribution < -0.4 is 4.74 Å². The van der Waals surface area contributed by atoms with Crippen molar-refractivity contribution in [1.82, 2.24) is 0 Å². The van der Waals surface area contributed by atoms with Crippen molar-refractivity contribution in [3.8, 4) is 11.5 Å². The van der Waals surface area contributed by atoms with Gasteiger partial charge >= 0.3 is 0 Å². The molecule has 0 N–H and O–H groups in total. The van der Waals surface area contributed by atoms with Gasteiger partial charge in [0.1, 0.15) is 11.5 Å². The Morgan fingerprint density at radius 3 is 2.24 bits per heavy atom. The second kappa shape index (κ2) is 6.75. The van der Waals surface area contributed by atoms with E-state index in [9.17, 15) is 4.79 Å². The second-order valence-electron chi connectivity index (χ2n) is 5.14. The van der Waals surface area contributed by atoms with Gasteiger partial charge in [-0.25, -0.2) is 0 Å². The molecule has 2 rings (SSSR count). The Balaban J connectivity index is 2.47. The zero-order valence-electron chi connectivity index (χ0n) is 12.1. The fourth-order valence-corrected chi connectivity index (χ4v) is 2.77. The van der Waals surface area contributed by atoms with Crippen molar-refractivity contribution < 1.29 is 9.53 Å². The zero-order chi connectivity index (χ0) is 15.6. The molecule has 0 saturated heterocycles. The highest BCUT2D eigenvalue weighted by atomic mass is 79.9. The van der Waals surface area contributed by atoms with Gasteiger partial charge in [0, 0.05) is 8.95 Å². The van der Waals surface area contributed by atoms with Crippen LogP contribution in [0.5, 0.6) is 11.5 Å². The average molecular weight is 412 g/mol. The zero-order valence-corrected chi connectivity index (χ0v) is 15.3. The predicted octanol–water partition coefficient (Wildman–Crippen LogP) is 6.33. The van der Waals surface area contributed by atoms with Crippen molar-refractivity contribution >= 4 is 37.6 Å². The minimum absolute atomic E-state index is 0.0132. The van der Waals surface area contributed by atoms with Gasteiger partial charge in [0.05, 0.1) is 5.56 Å². The lowest BCUT2D eigenvalue weighted by molar-refractivity contribution is 0.101. The van der Waals surface area contributed by atoms with Crippen LogP contribution in [0.3, 0.4) is 0 Å². The Morgan fingerprint density at radius 1 is 1.00 bits per heavy atom. The summed E-state index contributed by atoms with van der Waals surface area (Å²) in [4.78, 5) is 11.7. The number of ketones is 1. The molecule has 110 valence electrons. The van der Waals surface area contributed by atoms with Crippen molar-refractivity contribution in [1.29, 1.82) is 0 Å². The van der Waals surface area contributed by atoms with Gasteiger partial charge in [0.25, 0.3) is 0 Å². The lowest BCUT2D eigenvalue weighted by Gasteiger charge is -2.16. The third kappa shape index (κ3) is 3.95. The summed E-state index contributed by atoms with van der Waals surface area (Å²) in [6, 6.07) is 11.3. The molecule has 2 nitrogen and oxygen atoms in total. The van der Waals surface area contributed by atoms with Gasteiger partial charge in [-0.1, -0.05) is 45.7 Å². The number of carbonyl (C=O) groups is 1. The van der Waals surface area contributed by atoms with Crippen LogP contribution in [0.1, 0.15) is 42.6 Å². The molecule has 0 radical (unpaired) electrons. The van der Waals surface area contributed by atoms with E-state index in [4.69, 9.17) is 4.74 Å². The SMILES string of the molecule is CC(=O)c1ccc(Br)cc1Oc1ccc(Br)cc1C(C)C. The average Bonchev–Trinajstić information content (AvgIpc) is 2.40. The maximum absolute atomic E-state index is 11.7. The lowest BCUT2D eigenvalue weighted by atomic mass is 10.0. The fourth-order valence-electron chi connectivity index (χ4n) is 2.05. The van der Waals surface area contributed by atoms with Crippen LogP contribution >= 0.6 is 31.9 Å². The van der Waals surface area contributed by atoms with E-state index >= 15 is 0 Å². The van der Waals surface area contributed by atoms with E-state index in [1.807, 2.05) is 30.3 Å². The molecular formula is C17H16Br2O2. The normalized spacial score (nSPS) is 10.8. The molecule has 2 aromatic rings. The van der Waals surface area contributed by atoms with E-state index in [-0.39, 0.29) is 5.78 Å². The Morgan fingerprint density at radius 2 is 1.62 bits per heavy atom. The van der Waals surface area contributed by atoms with Gasteiger partial charge in [-0.05, 0) is 54.8 Å². The van der Waals surface area contributed by atoms with E-state index in [1.165, 1.54) is 0 Å². The van der Waals surface area contributed by atoms with Crippen molar-refractivity contribution in [3.63, 3.8) is 0 Å². The Hall–Kier alpha value is -1.13. The molecule has 0 aliphatic carbocycles. The molecule has 4 heteroatoms. The number of Topliss-reactive ketones (excluding diaryl/α,β-unsaturated/α-hetero) is 1. The summed E-state index contributed by atoms with van der Waals surface area (Å²) < 4.78 is 7.92. The summed E-state index contributed by atoms with van der Waals surface area (Å²) >= 11 is 6.90. The summed E-state index contributed by atoms with van der Waals surface area (Å²) in [7, 11) is 0. The van der Waals surface area contributed by atoms with E-state index in [0.717, 1.165) is 20.3 Å². The smallest absolute Gasteiger partial charge is 0.163 e. The molecule has 0 aliphatic rings. The number of hydrogen-bond donors (Lipinski definition) is 0. The molecule has 21 heavy (non-hydrogen) atoms. The van der Waals surface area contributed by atoms with Crippen LogP contribution in [0.4, 0.5) is 0 Å². The summed E-state index contributed by atoms with van der Waals surface area (Å²) in [6.07, 6.45) is 0. The van der Waals surface area contributed by atoms with Crippen molar-refractivity contribution in [3.05, 3.63) is 56.5 Å². The van der Waals surface area contributed by atoms with E-state index in [0.29, 0.717) is 17.2 Å². The molecule has 0 amide bonds. The molecule has 0 spiro atoms. The van der Waals surface area contributed by atoms with Crippen LogP contribution in [0, 0.1) is 0 Å². The first kappa shape index (κ1) is 16.2. The molecule has 0 heterocycles. The quantitative estimate of drug-likeness (QED) is 0.549. The molecule has 0 aromatic heterocycles. The van der Waals surface area contributed by atoms with Crippen LogP contribution in [0.15, 0.2) is 45.3 Å². The van der Waals surface area contributed by atoms with Gasteiger partial charge in [0.2, 0.25) is 0 Å². The minimum Gasteiger partial charge on any atom is -0.456 e. The fraction of sp³-hybridized carbons (Fsp3) is 0.235. The number of halogens is 2. The predicted molar refractivity (Wildman–Crippen MR) is 92.5 cm³/mol. The number of benzene rings is 2. The highest BCUT2D eigenvalue weighted by molar-refractivity contribution is 9.10. The monoisotopic (exact) mass is 410 g/mol. The molecular weight excluding hydrogens is 396 g/mol. The highest BCUT2D eigenvalue weighted by Crippen LogP contribution is 2.35. The highest BCUT2D eigenvalue weighted by Gasteiger charge is 2.14. The molecule has 0 atom stereocenters. The molecule has 0 aliphatic heterocycles. The largest absolute Gasteiger partial charge is 0.456 e. The summed E-state index contributed by atoms with van der Waals surface area (Å²) in [6.45, 7) is 5.77. The molecule has 0 fully saturated rings. The Kier molecular flexibility index (Phi) is 5.22. The maximum atomic E-state index is 11.7. The summed E-state index contributed by atoms with van der Waals surface area (Å²) in [5.74, 6) is 1.65. The minimum atomic E-state index is -0.0132. The van der Waals surface area contributed by atoms with Gasteiger partial charge in [-0.3, -0.25) is 4.79 Å². The van der Waals surface area contributed by atoms with Crippen molar-refractivity contribution in [2.75, 3.05) is 0 Å². The standard InChI is InChI=1S/C17H16Br2O2/c1-10(2)15-8-12(18)5-7-16(15)21-17-9-13(19)4-6-14(17)11(3)20/h4-10H,1-3H3. The number of rotatable bonds is 4. The van der Waals surface area contributed by atoms with Gasteiger partial charge < -0.3 is 4.74 Å². The first-order chi connectivity index (χ1) is 9.88. The summed E-state index contributed by atoms with van der Waals surface area (Å²) in [5, 5.41) is 0. The maximum Gasteiger partial charge on any atom is 0.163 e. The third-order valence-electron chi connectivity index (χ3n) is 3.14. The Bertz CT molecular complexity index is 678. The molecule has 2 aromatic carbocycles. The van der Waals surface area contributed by atoms with Crippen molar-refractivity contribution in [2.45, 2.75) is 26.7 Å². The van der Waals surface area contributed by atoms with E-state index in [2.05, 4.69) is 45.7 Å². The number of carbonyl (C=O) groups excluding carboxylic acids is 1. The van der Waals surface area contributed by atoms with Gasteiger partial charge in [-0.2, -0.15) is 0 Å². The van der Waals surface area contributed by atoms with Gasteiger partial charge in [-0.15, -0.1) is 0 Å². The number of ether oxygens (including phenoxy) is 1. The van der Waals surface area contributed by atoms with E-state index in [1.54, 1.807) is 13.0 Å². The molecule has 0 unspecified atom stereocenters. The molecule has 0 bridgehead atoms. The van der Waals surface area contributed by atoms with Crippen LogP contribution in [-0.2, 0) is 0 Å². The van der Waals surface area contributed by atoms with Crippen LogP contribution in [0.2, 0.25) is 0 Å². The third-order valence-corrected chi connectivity index (χ3v) is 4.12.